The third-order valence-electron chi connectivity index (χ3n) is 5.53. The fraction of sp³-hybridized carbons (Fsp3) is 0.208. The van der Waals surface area contributed by atoms with Crippen LogP contribution < -0.4 is 4.74 Å². The third kappa shape index (κ3) is 5.29. The van der Waals surface area contributed by atoms with Crippen molar-refractivity contribution in [3.8, 4) is 16.9 Å². The highest BCUT2D eigenvalue weighted by Gasteiger charge is 2.32. The van der Waals surface area contributed by atoms with E-state index in [-0.39, 0.29) is 27.8 Å². The predicted octanol–water partition coefficient (Wildman–Crippen LogP) is 5.70. The number of halogens is 4. The lowest BCUT2D eigenvalue weighted by Gasteiger charge is -2.14. The number of hydrogen-bond acceptors (Lipinski definition) is 5. The highest BCUT2D eigenvalue weighted by molar-refractivity contribution is 7.91. The molecule has 0 spiro atoms. The fourth-order valence-corrected chi connectivity index (χ4v) is 4.90. The molecule has 6 nitrogen and oxygen atoms in total. The molecule has 0 saturated carbocycles. The number of imidazole rings is 1. The largest absolute Gasteiger partial charge is 0.573 e. The normalized spacial score (nSPS) is 13.2. The standard InChI is InChI=1S/C24H20ClF3N2O4S/c1-2-35(32,33)15-9-7-14(8-10-15)18(13-31)23-29-20-11-17(19(25)12-21(20)30-23)16-5-3-4-6-22(16)34-24(26,27)28/h3-12,18,31H,2,13H2,1H3,(H,29,30). The zero-order valence-electron chi connectivity index (χ0n) is 18.3. The fourth-order valence-electron chi connectivity index (χ4n) is 3.75. The third-order valence-corrected chi connectivity index (χ3v) is 7.59. The van der Waals surface area contributed by atoms with Gasteiger partial charge in [-0.3, -0.25) is 0 Å². The van der Waals surface area contributed by atoms with Gasteiger partial charge in [-0.05, 0) is 35.9 Å². The summed E-state index contributed by atoms with van der Waals surface area (Å²) in [6.45, 7) is 1.24. The average molecular weight is 525 g/mol. The molecular formula is C24H20ClF3N2O4S. The summed E-state index contributed by atoms with van der Waals surface area (Å²) >= 11 is 6.40. The molecule has 184 valence electrons. The number of benzene rings is 3. The molecule has 2 N–H and O–H groups in total. The molecule has 3 aromatic carbocycles. The van der Waals surface area contributed by atoms with Gasteiger partial charge in [0.1, 0.15) is 11.6 Å². The van der Waals surface area contributed by atoms with Gasteiger partial charge >= 0.3 is 6.36 Å². The van der Waals surface area contributed by atoms with E-state index in [0.29, 0.717) is 28.0 Å². The molecule has 0 saturated heterocycles. The Morgan fingerprint density at radius 2 is 1.77 bits per heavy atom. The van der Waals surface area contributed by atoms with Crippen LogP contribution in [0.2, 0.25) is 5.02 Å². The smallest absolute Gasteiger partial charge is 0.405 e. The van der Waals surface area contributed by atoms with E-state index in [9.17, 15) is 26.7 Å². The molecule has 0 fully saturated rings. The van der Waals surface area contributed by atoms with Crippen LogP contribution in [0.4, 0.5) is 13.2 Å². The number of para-hydroxylation sites is 1. The van der Waals surface area contributed by atoms with E-state index >= 15 is 0 Å². The van der Waals surface area contributed by atoms with Gasteiger partial charge in [0.05, 0.1) is 39.2 Å². The van der Waals surface area contributed by atoms with E-state index in [1.54, 1.807) is 37.3 Å². The number of aliphatic hydroxyl groups is 1. The number of ether oxygens (including phenoxy) is 1. The number of rotatable bonds is 7. The second-order valence-corrected chi connectivity index (χ2v) is 10.4. The molecule has 1 unspecified atom stereocenters. The van der Waals surface area contributed by atoms with Crippen molar-refractivity contribution in [2.45, 2.75) is 24.1 Å². The Bertz CT molecular complexity index is 1470. The van der Waals surface area contributed by atoms with Gasteiger partial charge in [0, 0.05) is 11.1 Å². The molecule has 0 amide bonds. The quantitative estimate of drug-likeness (QED) is 0.323. The van der Waals surface area contributed by atoms with Crippen LogP contribution in [0.25, 0.3) is 22.2 Å². The number of nitrogens with one attached hydrogen (secondary N) is 1. The number of sulfone groups is 1. The Labute approximate surface area is 204 Å². The van der Waals surface area contributed by atoms with Crippen molar-refractivity contribution in [2.24, 2.45) is 0 Å². The summed E-state index contributed by atoms with van der Waals surface area (Å²) in [5, 5.41) is 10.2. The molecule has 0 aliphatic rings. The second-order valence-electron chi connectivity index (χ2n) is 7.72. The summed E-state index contributed by atoms with van der Waals surface area (Å²) in [6, 6.07) is 14.9. The topological polar surface area (TPSA) is 92.3 Å². The number of fused-ring (bicyclic) bond motifs is 1. The predicted molar refractivity (Wildman–Crippen MR) is 126 cm³/mol. The number of H-pyrrole nitrogens is 1. The zero-order chi connectivity index (χ0) is 25.4. The van der Waals surface area contributed by atoms with Crippen molar-refractivity contribution in [1.82, 2.24) is 9.97 Å². The maximum Gasteiger partial charge on any atom is 0.573 e. The summed E-state index contributed by atoms with van der Waals surface area (Å²) in [5.41, 5.74) is 2.02. The molecule has 1 aromatic heterocycles. The summed E-state index contributed by atoms with van der Waals surface area (Å²) in [4.78, 5) is 7.79. The summed E-state index contributed by atoms with van der Waals surface area (Å²) in [5.74, 6) is -0.627. The molecule has 1 heterocycles. The lowest BCUT2D eigenvalue weighted by Crippen LogP contribution is -2.17. The molecule has 0 aliphatic carbocycles. The van der Waals surface area contributed by atoms with Gasteiger partial charge in [-0.15, -0.1) is 13.2 Å². The van der Waals surface area contributed by atoms with Crippen molar-refractivity contribution in [2.75, 3.05) is 12.4 Å². The van der Waals surface area contributed by atoms with E-state index in [4.69, 9.17) is 11.6 Å². The average Bonchev–Trinajstić information content (AvgIpc) is 3.21. The summed E-state index contributed by atoms with van der Waals surface area (Å²) in [6.07, 6.45) is -4.87. The molecule has 35 heavy (non-hydrogen) atoms. The van der Waals surface area contributed by atoms with Crippen molar-refractivity contribution in [1.29, 1.82) is 0 Å². The lowest BCUT2D eigenvalue weighted by atomic mass is 9.99. The van der Waals surface area contributed by atoms with Gasteiger partial charge in [-0.1, -0.05) is 48.9 Å². The highest BCUT2D eigenvalue weighted by Crippen LogP contribution is 2.39. The summed E-state index contributed by atoms with van der Waals surface area (Å²) in [7, 11) is -3.36. The number of hydrogen-bond donors (Lipinski definition) is 2. The van der Waals surface area contributed by atoms with Crippen LogP contribution >= 0.6 is 11.6 Å². The first-order valence-corrected chi connectivity index (χ1v) is 12.5. The van der Waals surface area contributed by atoms with Gasteiger partial charge < -0.3 is 14.8 Å². The van der Waals surface area contributed by atoms with Gasteiger partial charge in [0.25, 0.3) is 0 Å². The number of alkyl halides is 3. The van der Waals surface area contributed by atoms with Crippen LogP contribution in [0.5, 0.6) is 5.75 Å². The van der Waals surface area contributed by atoms with Crippen molar-refractivity contribution >= 4 is 32.5 Å². The highest BCUT2D eigenvalue weighted by atomic mass is 35.5. The summed E-state index contributed by atoms with van der Waals surface area (Å²) < 4.78 is 66.9. The lowest BCUT2D eigenvalue weighted by molar-refractivity contribution is -0.274. The minimum Gasteiger partial charge on any atom is -0.405 e. The van der Waals surface area contributed by atoms with E-state index in [0.717, 1.165) is 0 Å². The number of aromatic nitrogens is 2. The first-order chi connectivity index (χ1) is 16.5. The van der Waals surface area contributed by atoms with Crippen LogP contribution in [-0.2, 0) is 9.84 Å². The Morgan fingerprint density at radius 1 is 1.09 bits per heavy atom. The van der Waals surface area contributed by atoms with E-state index in [1.807, 2.05) is 0 Å². The van der Waals surface area contributed by atoms with Crippen LogP contribution in [0.3, 0.4) is 0 Å². The van der Waals surface area contributed by atoms with Crippen LogP contribution in [0.15, 0.2) is 65.6 Å². The molecule has 11 heteroatoms. The number of aromatic amines is 1. The SMILES string of the molecule is CCS(=O)(=O)c1ccc(C(CO)c2nc3cc(-c4ccccc4OC(F)(F)F)c(Cl)cc3[nH]2)cc1. The van der Waals surface area contributed by atoms with Gasteiger partial charge in [-0.2, -0.15) is 0 Å². The number of aliphatic hydroxyl groups excluding tert-OH is 1. The molecule has 4 aromatic rings. The van der Waals surface area contributed by atoms with E-state index in [1.165, 1.54) is 30.3 Å². The van der Waals surface area contributed by atoms with Gasteiger partial charge in [0.2, 0.25) is 0 Å². The Balaban J connectivity index is 1.73. The van der Waals surface area contributed by atoms with E-state index < -0.39 is 27.9 Å². The maximum absolute atomic E-state index is 12.9. The van der Waals surface area contributed by atoms with Crippen molar-refractivity contribution in [3.05, 3.63) is 77.1 Å². The minimum absolute atomic E-state index is 0.0282. The zero-order valence-corrected chi connectivity index (χ0v) is 19.9. The van der Waals surface area contributed by atoms with E-state index in [2.05, 4.69) is 14.7 Å². The maximum atomic E-state index is 12.9. The van der Waals surface area contributed by atoms with Gasteiger partial charge in [0.15, 0.2) is 9.84 Å². The molecule has 4 rings (SSSR count). The van der Waals surface area contributed by atoms with Crippen LogP contribution in [0.1, 0.15) is 24.2 Å². The Kier molecular flexibility index (Phi) is 6.81. The number of nitrogens with zero attached hydrogens (tertiary/aromatic N) is 1. The molecular weight excluding hydrogens is 505 g/mol. The first-order valence-electron chi connectivity index (χ1n) is 10.5. The van der Waals surface area contributed by atoms with Crippen molar-refractivity contribution < 1.29 is 31.4 Å². The second kappa shape index (κ2) is 9.52. The molecule has 0 radical (unpaired) electrons. The monoisotopic (exact) mass is 524 g/mol. The van der Waals surface area contributed by atoms with Crippen LogP contribution in [-0.4, -0.2) is 42.2 Å². The Morgan fingerprint density at radius 3 is 2.40 bits per heavy atom. The Hall–Kier alpha value is -3.08. The molecule has 0 aliphatic heterocycles. The minimum atomic E-state index is -4.87. The van der Waals surface area contributed by atoms with Gasteiger partial charge in [-0.25, -0.2) is 13.4 Å². The van der Waals surface area contributed by atoms with Crippen LogP contribution in [0, 0.1) is 0 Å². The molecule has 0 bridgehead atoms. The molecule has 1 atom stereocenters. The first kappa shape index (κ1) is 25.0. The van der Waals surface area contributed by atoms with Crippen molar-refractivity contribution in [3.63, 3.8) is 0 Å².